The third-order valence-corrected chi connectivity index (χ3v) is 3.92. The van der Waals surface area contributed by atoms with Gasteiger partial charge in [0, 0.05) is 30.0 Å². The maximum Gasteiger partial charge on any atom is 0.0945 e. The largest absolute Gasteiger partial charge is 0.394 e. The molecule has 0 aliphatic rings. The van der Waals surface area contributed by atoms with Crippen LogP contribution >= 0.6 is 15.9 Å². The van der Waals surface area contributed by atoms with Crippen LogP contribution < -0.4 is 0 Å². The van der Waals surface area contributed by atoms with E-state index in [1.54, 1.807) is 6.20 Å². The zero-order chi connectivity index (χ0) is 14.4. The molecule has 2 aromatic rings. The van der Waals surface area contributed by atoms with Crippen molar-refractivity contribution in [2.75, 3.05) is 20.2 Å². The van der Waals surface area contributed by atoms with Crippen LogP contribution in [0.25, 0.3) is 0 Å². The highest BCUT2D eigenvalue weighted by atomic mass is 79.9. The van der Waals surface area contributed by atoms with Gasteiger partial charge in [0.15, 0.2) is 0 Å². The molecule has 0 aliphatic heterocycles. The van der Waals surface area contributed by atoms with Crippen LogP contribution in [0.4, 0.5) is 0 Å². The van der Waals surface area contributed by atoms with Crippen LogP contribution in [0.5, 0.6) is 0 Å². The van der Waals surface area contributed by atoms with Crippen molar-refractivity contribution < 1.29 is 5.11 Å². The van der Waals surface area contributed by atoms with Crippen molar-refractivity contribution in [3.8, 4) is 0 Å². The van der Waals surface area contributed by atoms with Crippen LogP contribution in [0.1, 0.15) is 18.0 Å². The summed E-state index contributed by atoms with van der Waals surface area (Å²) in [5.74, 6) is 0. The van der Waals surface area contributed by atoms with Crippen molar-refractivity contribution in [2.45, 2.75) is 19.0 Å². The number of benzene rings is 1. The first-order valence-corrected chi connectivity index (χ1v) is 7.52. The molecule has 0 bridgehead atoms. The zero-order valence-corrected chi connectivity index (χ0v) is 13.2. The summed E-state index contributed by atoms with van der Waals surface area (Å²) in [6.07, 6.45) is 6.62. The number of imidazole rings is 1. The predicted octanol–water partition coefficient (Wildman–Crippen LogP) is 2.70. The van der Waals surface area contributed by atoms with Gasteiger partial charge in [0.2, 0.25) is 0 Å². The monoisotopic (exact) mass is 337 g/mol. The summed E-state index contributed by atoms with van der Waals surface area (Å²) in [7, 11) is 2.05. The number of hydrogen-bond donors (Lipinski definition) is 1. The SMILES string of the molecule is CN(CCCn1ccnc1)C(CO)c1cccc(Br)c1. The minimum absolute atomic E-state index is 0.0373. The normalized spacial score (nSPS) is 12.8. The van der Waals surface area contributed by atoms with Gasteiger partial charge in [0.05, 0.1) is 19.0 Å². The molecule has 1 atom stereocenters. The van der Waals surface area contributed by atoms with E-state index in [0.717, 1.165) is 29.5 Å². The second-order valence-electron chi connectivity index (χ2n) is 4.89. The molecule has 0 amide bonds. The van der Waals surface area contributed by atoms with Gasteiger partial charge in [0.1, 0.15) is 0 Å². The minimum Gasteiger partial charge on any atom is -0.394 e. The van der Waals surface area contributed by atoms with E-state index in [1.165, 1.54) is 0 Å². The average Bonchev–Trinajstić information content (AvgIpc) is 2.93. The number of aromatic nitrogens is 2. The second kappa shape index (κ2) is 7.57. The van der Waals surface area contributed by atoms with Crippen molar-refractivity contribution in [3.63, 3.8) is 0 Å². The molecule has 0 fully saturated rings. The first kappa shape index (κ1) is 15.2. The number of likely N-dealkylation sites (N-methyl/N-ethyl adjacent to an activating group) is 1. The molecule has 1 aromatic carbocycles. The Morgan fingerprint density at radius 3 is 2.95 bits per heavy atom. The van der Waals surface area contributed by atoms with E-state index in [4.69, 9.17) is 0 Å². The number of rotatable bonds is 7. The Bertz CT molecular complexity index is 516. The molecule has 1 N–H and O–H groups in total. The number of aryl methyl sites for hydroxylation is 1. The molecule has 4 nitrogen and oxygen atoms in total. The molecule has 1 aromatic heterocycles. The molecule has 0 spiro atoms. The van der Waals surface area contributed by atoms with E-state index in [2.05, 4.69) is 49.6 Å². The molecule has 1 heterocycles. The lowest BCUT2D eigenvalue weighted by atomic mass is 10.1. The standard InChI is InChI=1S/C15H20BrN3O/c1-18(7-3-8-19-9-6-17-12-19)15(11-20)13-4-2-5-14(16)10-13/h2,4-6,9-10,12,15,20H,3,7-8,11H2,1H3. The number of aliphatic hydroxyl groups excluding tert-OH is 1. The van der Waals surface area contributed by atoms with Crippen molar-refractivity contribution in [1.29, 1.82) is 0 Å². The fourth-order valence-corrected chi connectivity index (χ4v) is 2.71. The quantitative estimate of drug-likeness (QED) is 0.844. The molecular formula is C15H20BrN3O. The van der Waals surface area contributed by atoms with Crippen molar-refractivity contribution in [3.05, 3.63) is 53.0 Å². The fourth-order valence-electron chi connectivity index (χ4n) is 2.29. The first-order valence-electron chi connectivity index (χ1n) is 6.73. The first-order chi connectivity index (χ1) is 9.70. The summed E-state index contributed by atoms with van der Waals surface area (Å²) in [5, 5.41) is 9.65. The average molecular weight is 338 g/mol. The lowest BCUT2D eigenvalue weighted by molar-refractivity contribution is 0.145. The molecular weight excluding hydrogens is 318 g/mol. The molecule has 0 radical (unpaired) electrons. The summed E-state index contributed by atoms with van der Waals surface area (Å²) >= 11 is 3.48. The molecule has 2 rings (SSSR count). The van der Waals surface area contributed by atoms with Gasteiger partial charge in [-0.1, -0.05) is 28.1 Å². The van der Waals surface area contributed by atoms with E-state index in [-0.39, 0.29) is 12.6 Å². The van der Waals surface area contributed by atoms with Gasteiger partial charge in [-0.25, -0.2) is 4.98 Å². The van der Waals surface area contributed by atoms with E-state index in [9.17, 15) is 5.11 Å². The van der Waals surface area contributed by atoms with Crippen LogP contribution in [0.15, 0.2) is 47.5 Å². The Morgan fingerprint density at radius 1 is 1.45 bits per heavy atom. The Kier molecular flexibility index (Phi) is 5.76. The zero-order valence-electron chi connectivity index (χ0n) is 11.6. The highest BCUT2D eigenvalue weighted by Crippen LogP contribution is 2.22. The van der Waals surface area contributed by atoms with Gasteiger partial charge >= 0.3 is 0 Å². The van der Waals surface area contributed by atoms with Gasteiger partial charge < -0.3 is 9.67 Å². The molecule has 5 heteroatoms. The Morgan fingerprint density at radius 2 is 2.30 bits per heavy atom. The molecule has 0 aliphatic carbocycles. The summed E-state index contributed by atoms with van der Waals surface area (Å²) in [5.41, 5.74) is 1.13. The number of hydrogen-bond acceptors (Lipinski definition) is 3. The molecule has 0 saturated carbocycles. The van der Waals surface area contributed by atoms with E-state index in [1.807, 2.05) is 24.7 Å². The fraction of sp³-hybridized carbons (Fsp3) is 0.400. The summed E-state index contributed by atoms with van der Waals surface area (Å²) in [6.45, 7) is 1.99. The third kappa shape index (κ3) is 4.16. The van der Waals surface area contributed by atoms with Crippen LogP contribution in [-0.2, 0) is 6.54 Å². The van der Waals surface area contributed by atoms with Gasteiger partial charge in [0.25, 0.3) is 0 Å². The predicted molar refractivity (Wildman–Crippen MR) is 83.4 cm³/mol. The maximum atomic E-state index is 9.65. The van der Waals surface area contributed by atoms with Crippen molar-refractivity contribution >= 4 is 15.9 Å². The van der Waals surface area contributed by atoms with Crippen LogP contribution in [0.3, 0.4) is 0 Å². The van der Waals surface area contributed by atoms with Crippen LogP contribution in [0, 0.1) is 0 Å². The molecule has 1 unspecified atom stereocenters. The van der Waals surface area contributed by atoms with Gasteiger partial charge in [-0.3, -0.25) is 4.90 Å². The second-order valence-corrected chi connectivity index (χ2v) is 5.80. The summed E-state index contributed by atoms with van der Waals surface area (Å²) < 4.78 is 3.11. The van der Waals surface area contributed by atoms with E-state index in [0.29, 0.717) is 0 Å². The number of halogens is 1. The molecule has 108 valence electrons. The van der Waals surface area contributed by atoms with Crippen molar-refractivity contribution in [2.24, 2.45) is 0 Å². The number of aliphatic hydroxyl groups is 1. The highest BCUT2D eigenvalue weighted by molar-refractivity contribution is 9.10. The Hall–Kier alpha value is -1.17. The van der Waals surface area contributed by atoms with Crippen molar-refractivity contribution in [1.82, 2.24) is 14.5 Å². The molecule has 20 heavy (non-hydrogen) atoms. The van der Waals surface area contributed by atoms with E-state index >= 15 is 0 Å². The lowest BCUT2D eigenvalue weighted by Crippen LogP contribution is -2.28. The van der Waals surface area contributed by atoms with Crippen LogP contribution in [-0.4, -0.2) is 39.8 Å². The summed E-state index contributed by atoms with van der Waals surface area (Å²) in [6, 6.07) is 8.15. The minimum atomic E-state index is 0.0373. The smallest absolute Gasteiger partial charge is 0.0945 e. The van der Waals surface area contributed by atoms with Gasteiger partial charge in [-0.15, -0.1) is 0 Å². The van der Waals surface area contributed by atoms with E-state index < -0.39 is 0 Å². The Labute approximate surface area is 128 Å². The maximum absolute atomic E-state index is 9.65. The summed E-state index contributed by atoms with van der Waals surface area (Å²) in [4.78, 5) is 6.23. The third-order valence-electron chi connectivity index (χ3n) is 3.42. The molecule has 0 saturated heterocycles. The van der Waals surface area contributed by atoms with Crippen LogP contribution in [0.2, 0.25) is 0 Å². The Balaban J connectivity index is 1.90. The highest BCUT2D eigenvalue weighted by Gasteiger charge is 2.15. The van der Waals surface area contributed by atoms with Gasteiger partial charge in [-0.2, -0.15) is 0 Å². The number of nitrogens with zero attached hydrogens (tertiary/aromatic N) is 3. The lowest BCUT2D eigenvalue weighted by Gasteiger charge is -2.27. The van der Waals surface area contributed by atoms with Gasteiger partial charge in [-0.05, 0) is 31.2 Å². The topological polar surface area (TPSA) is 41.3 Å².